The minimum Gasteiger partial charge on any atom is -0.394 e. The largest absolute Gasteiger partial charge is 0.394 e. The second kappa shape index (κ2) is 6.17. The molecule has 19 heavy (non-hydrogen) atoms. The van der Waals surface area contributed by atoms with Crippen LogP contribution in [0.4, 0.5) is 0 Å². The third kappa shape index (κ3) is 3.33. The summed E-state index contributed by atoms with van der Waals surface area (Å²) < 4.78 is 0. The van der Waals surface area contributed by atoms with Gasteiger partial charge < -0.3 is 15.7 Å². The van der Waals surface area contributed by atoms with E-state index in [1.54, 1.807) is 0 Å². The maximum absolute atomic E-state index is 12.2. The molecule has 0 radical (unpaired) electrons. The molecule has 104 valence electrons. The van der Waals surface area contributed by atoms with Crippen LogP contribution in [0.15, 0.2) is 18.2 Å². The molecule has 0 saturated heterocycles. The summed E-state index contributed by atoms with van der Waals surface area (Å²) in [5.74, 6) is 0.106. The van der Waals surface area contributed by atoms with Gasteiger partial charge in [-0.3, -0.25) is 4.79 Å². The lowest BCUT2D eigenvalue weighted by Gasteiger charge is -2.21. The van der Waals surface area contributed by atoms with E-state index < -0.39 is 0 Å². The summed E-state index contributed by atoms with van der Waals surface area (Å²) in [6.07, 6.45) is 1.02. The summed E-state index contributed by atoms with van der Waals surface area (Å²) in [6.45, 7) is 5.76. The summed E-state index contributed by atoms with van der Waals surface area (Å²) in [6, 6.07) is 5.66. The average Bonchev–Trinajstić information content (AvgIpc) is 2.43. The number of fused-ring (bicyclic) bond motifs is 1. The first kappa shape index (κ1) is 14.0. The molecule has 4 heteroatoms. The van der Waals surface area contributed by atoms with E-state index in [0.717, 1.165) is 19.5 Å². The molecule has 1 heterocycles. The number of carbonyl (C=O) groups excluding carboxylic acids is 1. The predicted octanol–water partition coefficient (Wildman–Crippen LogP) is 1.08. The minimum atomic E-state index is -0.193. The lowest BCUT2D eigenvalue weighted by atomic mass is 9.98. The Balaban J connectivity index is 2.11. The maximum Gasteiger partial charge on any atom is 0.251 e. The van der Waals surface area contributed by atoms with Gasteiger partial charge in [0, 0.05) is 12.1 Å². The van der Waals surface area contributed by atoms with Crippen molar-refractivity contribution < 1.29 is 9.90 Å². The highest BCUT2D eigenvalue weighted by molar-refractivity contribution is 5.94. The van der Waals surface area contributed by atoms with Gasteiger partial charge in [0.15, 0.2) is 0 Å². The summed E-state index contributed by atoms with van der Waals surface area (Å²) in [5, 5.41) is 15.4. The highest BCUT2D eigenvalue weighted by atomic mass is 16.3. The molecule has 4 nitrogen and oxygen atoms in total. The molecule has 1 aromatic rings. The van der Waals surface area contributed by atoms with E-state index in [4.69, 9.17) is 0 Å². The van der Waals surface area contributed by atoms with E-state index in [-0.39, 0.29) is 24.5 Å². The zero-order valence-corrected chi connectivity index (χ0v) is 11.6. The molecule has 1 atom stereocenters. The van der Waals surface area contributed by atoms with E-state index in [0.29, 0.717) is 5.56 Å². The number of hydrogen-bond acceptors (Lipinski definition) is 3. The molecule has 0 spiro atoms. The number of carbonyl (C=O) groups is 1. The number of amides is 1. The van der Waals surface area contributed by atoms with Crippen molar-refractivity contribution in [3.8, 4) is 0 Å². The van der Waals surface area contributed by atoms with E-state index in [2.05, 4.69) is 10.6 Å². The number of benzene rings is 1. The summed E-state index contributed by atoms with van der Waals surface area (Å²) in [7, 11) is 0. The number of rotatable bonds is 4. The topological polar surface area (TPSA) is 61.4 Å². The first-order valence-corrected chi connectivity index (χ1v) is 6.86. The van der Waals surface area contributed by atoms with Crippen molar-refractivity contribution in [2.24, 2.45) is 5.92 Å². The molecule has 1 aliphatic heterocycles. The molecular formula is C15H22N2O2. The maximum atomic E-state index is 12.2. The van der Waals surface area contributed by atoms with Gasteiger partial charge >= 0.3 is 0 Å². The van der Waals surface area contributed by atoms with Gasteiger partial charge in [0.05, 0.1) is 12.6 Å². The van der Waals surface area contributed by atoms with Crippen LogP contribution in [0.25, 0.3) is 0 Å². The highest BCUT2D eigenvalue weighted by Crippen LogP contribution is 2.16. The number of aliphatic hydroxyl groups is 1. The van der Waals surface area contributed by atoms with Crippen molar-refractivity contribution >= 4 is 5.91 Å². The van der Waals surface area contributed by atoms with Gasteiger partial charge in [0.1, 0.15) is 0 Å². The molecule has 0 aliphatic carbocycles. The molecule has 2 rings (SSSR count). The summed E-state index contributed by atoms with van der Waals surface area (Å²) in [5.41, 5.74) is 3.18. The van der Waals surface area contributed by atoms with Crippen LogP contribution in [0.1, 0.15) is 35.3 Å². The van der Waals surface area contributed by atoms with Crippen molar-refractivity contribution in [3.63, 3.8) is 0 Å². The number of aliphatic hydroxyl groups excluding tert-OH is 1. The Labute approximate surface area is 114 Å². The second-order valence-corrected chi connectivity index (χ2v) is 5.42. The molecular weight excluding hydrogens is 240 g/mol. The van der Waals surface area contributed by atoms with Crippen LogP contribution in [0.2, 0.25) is 0 Å². The van der Waals surface area contributed by atoms with E-state index in [1.165, 1.54) is 11.1 Å². The van der Waals surface area contributed by atoms with Crippen molar-refractivity contribution in [2.45, 2.75) is 32.9 Å². The standard InChI is InChI=1S/C15H22N2O2/c1-10(2)14(9-18)17-15(19)12-4-3-11-5-6-16-8-13(11)7-12/h3-4,7,10,14,16,18H,5-6,8-9H2,1-2H3,(H,17,19)/t14-/m1/s1. The molecule has 0 bridgehead atoms. The Morgan fingerprint density at radius 3 is 2.89 bits per heavy atom. The Kier molecular flexibility index (Phi) is 4.56. The van der Waals surface area contributed by atoms with Crippen LogP contribution in [-0.4, -0.2) is 30.2 Å². The van der Waals surface area contributed by atoms with Crippen LogP contribution in [-0.2, 0) is 13.0 Å². The normalized spacial score (nSPS) is 16.0. The molecule has 0 saturated carbocycles. The van der Waals surface area contributed by atoms with Crippen molar-refractivity contribution in [1.82, 2.24) is 10.6 Å². The van der Waals surface area contributed by atoms with Gasteiger partial charge in [-0.25, -0.2) is 0 Å². The smallest absolute Gasteiger partial charge is 0.251 e. The van der Waals surface area contributed by atoms with Crippen molar-refractivity contribution in [3.05, 3.63) is 34.9 Å². The Hall–Kier alpha value is -1.39. The van der Waals surface area contributed by atoms with Crippen LogP contribution in [0.3, 0.4) is 0 Å². The minimum absolute atomic E-state index is 0.0318. The number of hydrogen-bond donors (Lipinski definition) is 3. The van der Waals surface area contributed by atoms with Gasteiger partial charge in [-0.05, 0) is 42.1 Å². The first-order chi connectivity index (χ1) is 9.11. The SMILES string of the molecule is CC(C)[C@@H](CO)NC(=O)c1ccc2c(c1)CNCC2. The quantitative estimate of drug-likeness (QED) is 0.761. The van der Waals surface area contributed by atoms with E-state index >= 15 is 0 Å². The van der Waals surface area contributed by atoms with Gasteiger partial charge in [0.25, 0.3) is 5.91 Å². The lowest BCUT2D eigenvalue weighted by molar-refractivity contribution is 0.0896. The summed E-state index contributed by atoms with van der Waals surface area (Å²) >= 11 is 0. The molecule has 1 aromatic carbocycles. The average molecular weight is 262 g/mol. The molecule has 0 unspecified atom stereocenters. The van der Waals surface area contributed by atoms with Gasteiger partial charge in [-0.2, -0.15) is 0 Å². The lowest BCUT2D eigenvalue weighted by Crippen LogP contribution is -2.41. The van der Waals surface area contributed by atoms with E-state index in [1.807, 2.05) is 32.0 Å². The summed E-state index contributed by atoms with van der Waals surface area (Å²) in [4.78, 5) is 12.2. The monoisotopic (exact) mass is 262 g/mol. The Morgan fingerprint density at radius 1 is 1.42 bits per heavy atom. The molecule has 1 amide bonds. The van der Waals surface area contributed by atoms with Gasteiger partial charge in [0.2, 0.25) is 0 Å². The zero-order valence-electron chi connectivity index (χ0n) is 11.6. The third-order valence-corrected chi connectivity index (χ3v) is 3.67. The fourth-order valence-corrected chi connectivity index (χ4v) is 2.30. The molecule has 1 aliphatic rings. The van der Waals surface area contributed by atoms with Crippen LogP contribution in [0, 0.1) is 5.92 Å². The number of nitrogens with one attached hydrogen (secondary N) is 2. The highest BCUT2D eigenvalue weighted by Gasteiger charge is 2.17. The third-order valence-electron chi connectivity index (χ3n) is 3.67. The predicted molar refractivity (Wildman–Crippen MR) is 75.0 cm³/mol. The zero-order chi connectivity index (χ0) is 13.8. The van der Waals surface area contributed by atoms with Crippen molar-refractivity contribution in [2.75, 3.05) is 13.2 Å². The Bertz CT molecular complexity index is 457. The van der Waals surface area contributed by atoms with Crippen molar-refractivity contribution in [1.29, 1.82) is 0 Å². The van der Waals surface area contributed by atoms with Crippen LogP contribution >= 0.6 is 0 Å². The second-order valence-electron chi connectivity index (χ2n) is 5.42. The van der Waals surface area contributed by atoms with Crippen LogP contribution < -0.4 is 10.6 Å². The van der Waals surface area contributed by atoms with Crippen LogP contribution in [0.5, 0.6) is 0 Å². The first-order valence-electron chi connectivity index (χ1n) is 6.86. The molecule has 0 fully saturated rings. The molecule has 0 aromatic heterocycles. The fraction of sp³-hybridized carbons (Fsp3) is 0.533. The Morgan fingerprint density at radius 2 is 2.21 bits per heavy atom. The fourth-order valence-electron chi connectivity index (χ4n) is 2.30. The van der Waals surface area contributed by atoms with E-state index in [9.17, 15) is 9.90 Å². The van der Waals surface area contributed by atoms with Gasteiger partial charge in [-0.15, -0.1) is 0 Å². The molecule has 3 N–H and O–H groups in total. The van der Waals surface area contributed by atoms with Gasteiger partial charge in [-0.1, -0.05) is 19.9 Å².